The van der Waals surface area contributed by atoms with Gasteiger partial charge >= 0.3 is 0 Å². The van der Waals surface area contributed by atoms with E-state index in [1.807, 2.05) is 32.9 Å². The molecule has 0 aliphatic carbocycles. The summed E-state index contributed by atoms with van der Waals surface area (Å²) in [6.45, 7) is 6.86. The number of piperidine rings is 1. The summed E-state index contributed by atoms with van der Waals surface area (Å²) in [6, 6.07) is 4.03. The van der Waals surface area contributed by atoms with Gasteiger partial charge in [-0.3, -0.25) is 4.79 Å². The van der Waals surface area contributed by atoms with E-state index in [0.717, 1.165) is 22.3 Å². The van der Waals surface area contributed by atoms with Gasteiger partial charge in [0.1, 0.15) is 11.3 Å². The third-order valence-corrected chi connectivity index (χ3v) is 5.60. The summed E-state index contributed by atoms with van der Waals surface area (Å²) >= 11 is 0. The summed E-state index contributed by atoms with van der Waals surface area (Å²) in [4.78, 5) is 14.6. The van der Waals surface area contributed by atoms with Gasteiger partial charge in [-0.1, -0.05) is 12.1 Å². The van der Waals surface area contributed by atoms with E-state index in [0.29, 0.717) is 31.5 Å². The van der Waals surface area contributed by atoms with E-state index in [2.05, 4.69) is 0 Å². The lowest BCUT2D eigenvalue weighted by atomic mass is 9.84. The molecule has 2 heterocycles. The molecule has 0 bridgehead atoms. The molecule has 2 aliphatic rings. The second-order valence-electron chi connectivity index (χ2n) is 6.77. The summed E-state index contributed by atoms with van der Waals surface area (Å²) in [5.74, 6) is 0.0283. The quantitative estimate of drug-likeness (QED) is 0.836. The Kier molecular flexibility index (Phi) is 3.73. The Balaban J connectivity index is 2.18. The first-order valence-corrected chi connectivity index (χ1v) is 8.02. The second kappa shape index (κ2) is 5.35. The van der Waals surface area contributed by atoms with E-state index in [1.165, 1.54) is 5.06 Å². The lowest BCUT2D eigenvalue weighted by Crippen LogP contribution is -2.53. The number of aliphatic hydroxyl groups is 1. The van der Waals surface area contributed by atoms with Gasteiger partial charge in [0.05, 0.1) is 5.57 Å². The molecule has 2 aliphatic heterocycles. The standard InChI is InChI=1S/C18H24N2O3/c1-11-5-6-12(2)14(13(11)3)15-16(21)18(19(4)17(15)22)7-9-20(23)10-8-18/h5-6,21,23H,7-10H2,1-4H3. The number of hydrogen-bond acceptors (Lipinski definition) is 4. The van der Waals surface area contributed by atoms with Crippen LogP contribution >= 0.6 is 0 Å². The predicted octanol–water partition coefficient (Wildman–Crippen LogP) is 2.58. The first-order valence-electron chi connectivity index (χ1n) is 8.02. The van der Waals surface area contributed by atoms with Gasteiger partial charge in [0.15, 0.2) is 0 Å². The molecule has 5 nitrogen and oxygen atoms in total. The third kappa shape index (κ3) is 2.18. The molecule has 0 aromatic heterocycles. The van der Waals surface area contributed by atoms with Crippen molar-refractivity contribution in [3.05, 3.63) is 40.1 Å². The van der Waals surface area contributed by atoms with E-state index in [4.69, 9.17) is 0 Å². The summed E-state index contributed by atoms with van der Waals surface area (Å²) in [6.07, 6.45) is 1.07. The van der Waals surface area contributed by atoms with Gasteiger partial charge in [-0.2, -0.15) is 5.06 Å². The highest BCUT2D eigenvalue weighted by atomic mass is 16.5. The first-order chi connectivity index (χ1) is 10.8. The number of benzene rings is 1. The molecule has 1 saturated heterocycles. The molecule has 5 heteroatoms. The topological polar surface area (TPSA) is 64.0 Å². The SMILES string of the molecule is Cc1ccc(C)c(C2=C(O)C3(CCN(O)CC3)N(C)C2=O)c1C. The minimum atomic E-state index is -0.686. The molecular weight excluding hydrogens is 292 g/mol. The zero-order chi connectivity index (χ0) is 16.9. The monoisotopic (exact) mass is 316 g/mol. The molecule has 0 unspecified atom stereocenters. The van der Waals surface area contributed by atoms with Gasteiger partial charge in [-0.15, -0.1) is 0 Å². The van der Waals surface area contributed by atoms with Crippen LogP contribution in [0.15, 0.2) is 17.9 Å². The second-order valence-corrected chi connectivity index (χ2v) is 6.77. The Hall–Kier alpha value is -1.85. The van der Waals surface area contributed by atoms with Crippen LogP contribution in [0.25, 0.3) is 5.57 Å². The highest BCUT2D eigenvalue weighted by Gasteiger charge is 2.52. The fraction of sp³-hybridized carbons (Fsp3) is 0.500. The van der Waals surface area contributed by atoms with E-state index >= 15 is 0 Å². The van der Waals surface area contributed by atoms with Crippen LogP contribution in [0.3, 0.4) is 0 Å². The first kappa shape index (κ1) is 16.0. The van der Waals surface area contributed by atoms with Gasteiger partial charge < -0.3 is 15.2 Å². The van der Waals surface area contributed by atoms with E-state index < -0.39 is 5.54 Å². The Labute approximate surface area is 136 Å². The number of rotatable bonds is 1. The van der Waals surface area contributed by atoms with E-state index in [9.17, 15) is 15.1 Å². The van der Waals surface area contributed by atoms with E-state index in [-0.39, 0.29) is 11.7 Å². The Morgan fingerprint density at radius 2 is 1.65 bits per heavy atom. The van der Waals surface area contributed by atoms with Crippen molar-refractivity contribution in [1.29, 1.82) is 0 Å². The molecule has 1 spiro atoms. The molecule has 1 fully saturated rings. The highest BCUT2D eigenvalue weighted by molar-refractivity contribution is 6.23. The van der Waals surface area contributed by atoms with Crippen LogP contribution in [0.2, 0.25) is 0 Å². The number of hydroxylamine groups is 2. The van der Waals surface area contributed by atoms with Crippen molar-refractivity contribution >= 4 is 11.5 Å². The van der Waals surface area contributed by atoms with Crippen molar-refractivity contribution < 1.29 is 15.1 Å². The number of aliphatic hydroxyl groups excluding tert-OH is 1. The van der Waals surface area contributed by atoms with Crippen molar-refractivity contribution in [2.75, 3.05) is 20.1 Å². The van der Waals surface area contributed by atoms with Gasteiger partial charge in [0.2, 0.25) is 0 Å². The van der Waals surface area contributed by atoms with Crippen LogP contribution in [-0.4, -0.2) is 51.9 Å². The lowest BCUT2D eigenvalue weighted by molar-refractivity contribution is -0.141. The maximum Gasteiger partial charge on any atom is 0.258 e. The number of carbonyl (C=O) groups excluding carboxylic acids is 1. The molecule has 1 aromatic rings. The normalized spacial score (nSPS) is 21.6. The van der Waals surface area contributed by atoms with Gasteiger partial charge in [0, 0.05) is 20.1 Å². The molecule has 0 radical (unpaired) electrons. The number of amides is 1. The maximum atomic E-state index is 12.9. The number of hydrogen-bond donors (Lipinski definition) is 2. The van der Waals surface area contributed by atoms with E-state index in [1.54, 1.807) is 11.9 Å². The molecule has 3 rings (SSSR count). The largest absolute Gasteiger partial charge is 0.509 e. The van der Waals surface area contributed by atoms with Crippen LogP contribution in [0.5, 0.6) is 0 Å². The van der Waals surface area contributed by atoms with Crippen molar-refractivity contribution in [3.63, 3.8) is 0 Å². The fourth-order valence-corrected chi connectivity index (χ4v) is 3.85. The predicted molar refractivity (Wildman–Crippen MR) is 88.3 cm³/mol. The fourth-order valence-electron chi connectivity index (χ4n) is 3.85. The average molecular weight is 316 g/mol. The molecule has 2 N–H and O–H groups in total. The maximum absolute atomic E-state index is 12.9. The Morgan fingerprint density at radius 3 is 2.26 bits per heavy atom. The van der Waals surface area contributed by atoms with Crippen molar-refractivity contribution in [2.24, 2.45) is 0 Å². The van der Waals surface area contributed by atoms with Gasteiger partial charge in [-0.05, 0) is 55.9 Å². The van der Waals surface area contributed by atoms with Crippen molar-refractivity contribution in [2.45, 2.75) is 39.2 Å². The highest BCUT2D eigenvalue weighted by Crippen LogP contribution is 2.45. The Bertz CT molecular complexity index is 700. The van der Waals surface area contributed by atoms with Crippen LogP contribution in [0, 0.1) is 20.8 Å². The number of likely N-dealkylation sites (N-methyl/N-ethyl adjacent to an activating group) is 1. The summed E-state index contributed by atoms with van der Waals surface area (Å²) in [5.41, 5.74) is 3.72. The molecule has 23 heavy (non-hydrogen) atoms. The molecular formula is C18H24N2O3. The minimum Gasteiger partial charge on any atom is -0.509 e. The molecule has 1 amide bonds. The number of carbonyl (C=O) groups is 1. The molecule has 0 saturated carbocycles. The van der Waals surface area contributed by atoms with Gasteiger partial charge in [0.25, 0.3) is 5.91 Å². The van der Waals surface area contributed by atoms with Crippen molar-refractivity contribution in [3.8, 4) is 0 Å². The van der Waals surface area contributed by atoms with Crippen LogP contribution in [-0.2, 0) is 4.79 Å². The van der Waals surface area contributed by atoms with Crippen LogP contribution in [0.4, 0.5) is 0 Å². The average Bonchev–Trinajstić information content (AvgIpc) is 2.70. The van der Waals surface area contributed by atoms with Crippen LogP contribution in [0.1, 0.15) is 35.1 Å². The Morgan fingerprint density at radius 1 is 1.09 bits per heavy atom. The smallest absolute Gasteiger partial charge is 0.258 e. The lowest BCUT2D eigenvalue weighted by Gasteiger charge is -2.41. The van der Waals surface area contributed by atoms with Gasteiger partial charge in [-0.25, -0.2) is 0 Å². The summed E-state index contributed by atoms with van der Waals surface area (Å²) < 4.78 is 0. The zero-order valence-electron chi connectivity index (χ0n) is 14.2. The molecule has 124 valence electrons. The number of nitrogens with zero attached hydrogens (tertiary/aromatic N) is 2. The zero-order valence-corrected chi connectivity index (χ0v) is 14.2. The minimum absolute atomic E-state index is 0.134. The molecule has 0 atom stereocenters. The summed E-state index contributed by atoms with van der Waals surface area (Å²) in [5, 5.41) is 21.9. The summed E-state index contributed by atoms with van der Waals surface area (Å²) in [7, 11) is 1.75. The van der Waals surface area contributed by atoms with Crippen LogP contribution < -0.4 is 0 Å². The molecule has 1 aromatic carbocycles. The van der Waals surface area contributed by atoms with Crippen molar-refractivity contribution in [1.82, 2.24) is 9.96 Å². The number of aryl methyl sites for hydroxylation is 2. The third-order valence-electron chi connectivity index (χ3n) is 5.60.